The number of carbonyl (C=O) groups is 2. The number of para-hydroxylation sites is 1. The zero-order valence-electron chi connectivity index (χ0n) is 10.5. The van der Waals surface area contributed by atoms with Crippen LogP contribution in [0.1, 0.15) is 13.8 Å². The van der Waals surface area contributed by atoms with Gasteiger partial charge in [0, 0.05) is 13.8 Å². The third kappa shape index (κ3) is 12.9. The summed E-state index contributed by atoms with van der Waals surface area (Å²) in [6, 6.07) is 9.68. The van der Waals surface area contributed by atoms with Crippen LogP contribution in [-0.2, 0) is 9.59 Å². The first-order valence-corrected chi connectivity index (χ1v) is 5.66. The average Bonchev–Trinajstić information content (AvgIpc) is 2.30. The molecule has 0 aliphatic carbocycles. The van der Waals surface area contributed by atoms with Crippen LogP contribution in [0, 0.1) is 0 Å². The molecular weight excluding hydrogens is 319 g/mol. The van der Waals surface area contributed by atoms with Crippen molar-refractivity contribution < 1.29 is 14.3 Å². The molecule has 0 heterocycles. The fraction of sp³-hybridized carbons (Fsp3) is 0.273. The Morgan fingerprint density at radius 1 is 1.06 bits per heavy atom. The van der Waals surface area contributed by atoms with Crippen LogP contribution in [0.25, 0.3) is 0 Å². The zero-order chi connectivity index (χ0) is 13.1. The number of methoxy groups -OCH3 is 1. The van der Waals surface area contributed by atoms with Gasteiger partial charge in [-0.3, -0.25) is 19.0 Å². The van der Waals surface area contributed by atoms with Crippen molar-refractivity contribution in [3.05, 3.63) is 30.3 Å². The van der Waals surface area contributed by atoms with Gasteiger partial charge < -0.3 is 4.74 Å². The van der Waals surface area contributed by atoms with Crippen LogP contribution in [0.5, 0.6) is 5.75 Å². The minimum atomic E-state index is -0.186. The van der Waals surface area contributed by atoms with Gasteiger partial charge in [-0.15, -0.1) is 0 Å². The summed E-state index contributed by atoms with van der Waals surface area (Å²) in [5.41, 5.74) is 0. The van der Waals surface area contributed by atoms with E-state index in [-0.39, 0.29) is 28.9 Å². The van der Waals surface area contributed by atoms with Gasteiger partial charge in [-0.25, -0.2) is 0 Å². The van der Waals surface area contributed by atoms with Gasteiger partial charge in [0.25, 0.3) is 0 Å². The van der Waals surface area contributed by atoms with Crippen LogP contribution in [0.3, 0.4) is 0 Å². The van der Waals surface area contributed by atoms with Gasteiger partial charge in [-0.2, -0.15) is 0 Å². The molecule has 7 heteroatoms. The molecule has 0 spiro atoms. The van der Waals surface area contributed by atoms with Crippen molar-refractivity contribution in [3.63, 3.8) is 0 Å². The predicted octanol–water partition coefficient (Wildman–Crippen LogP) is 0.601. The standard InChI is InChI=1S/C7H8O.C4H8N2O2S.H2Se/c1-8-7-5-3-2-4-6-7;1-3(7)5-9-6-4(2)8;/h2-6H,1H3;1-2H3,(H,5,7)(H,6,8);1H2. The molecule has 0 aliphatic rings. The molecule has 1 aromatic carbocycles. The molecular formula is C11H18N2O3SSe. The Morgan fingerprint density at radius 3 is 1.78 bits per heavy atom. The molecule has 0 saturated carbocycles. The van der Waals surface area contributed by atoms with E-state index in [9.17, 15) is 9.59 Å². The number of rotatable bonds is 3. The van der Waals surface area contributed by atoms with E-state index in [1.165, 1.54) is 13.8 Å². The predicted molar refractivity (Wildman–Crippen MR) is 76.8 cm³/mol. The van der Waals surface area contributed by atoms with Crippen LogP contribution in [0.4, 0.5) is 0 Å². The van der Waals surface area contributed by atoms with E-state index in [1.54, 1.807) is 7.11 Å². The molecule has 0 atom stereocenters. The average molecular weight is 337 g/mol. The van der Waals surface area contributed by atoms with Crippen molar-refractivity contribution in [2.45, 2.75) is 13.8 Å². The Hall–Kier alpha value is -1.17. The monoisotopic (exact) mass is 338 g/mol. The van der Waals surface area contributed by atoms with Gasteiger partial charge in [-0.1, -0.05) is 18.2 Å². The molecule has 0 aromatic heterocycles. The van der Waals surface area contributed by atoms with Crippen molar-refractivity contribution in [2.75, 3.05) is 7.11 Å². The Morgan fingerprint density at radius 2 is 1.50 bits per heavy atom. The number of amides is 2. The topological polar surface area (TPSA) is 67.4 Å². The summed E-state index contributed by atoms with van der Waals surface area (Å²) < 4.78 is 9.56. The van der Waals surface area contributed by atoms with Crippen LogP contribution in [0.2, 0.25) is 0 Å². The fourth-order valence-corrected chi connectivity index (χ4v) is 1.06. The van der Waals surface area contributed by atoms with Crippen LogP contribution < -0.4 is 14.2 Å². The van der Waals surface area contributed by atoms with Crippen LogP contribution >= 0.6 is 12.1 Å². The molecule has 0 aliphatic heterocycles. The molecule has 2 amide bonds. The van der Waals surface area contributed by atoms with E-state index in [4.69, 9.17) is 4.74 Å². The van der Waals surface area contributed by atoms with E-state index in [2.05, 4.69) is 9.44 Å². The van der Waals surface area contributed by atoms with E-state index < -0.39 is 0 Å². The summed E-state index contributed by atoms with van der Waals surface area (Å²) in [6.07, 6.45) is 0. The maximum absolute atomic E-state index is 10.1. The summed E-state index contributed by atoms with van der Waals surface area (Å²) in [4.78, 5) is 20.3. The summed E-state index contributed by atoms with van der Waals surface area (Å²) in [5.74, 6) is 0.537. The zero-order valence-corrected chi connectivity index (χ0v) is 13.4. The van der Waals surface area contributed by atoms with Crippen molar-refractivity contribution in [1.82, 2.24) is 9.44 Å². The quantitative estimate of drug-likeness (QED) is 0.626. The Bertz CT molecular complexity index is 335. The Balaban J connectivity index is 0. The number of hydrogen-bond acceptors (Lipinski definition) is 4. The molecule has 0 unspecified atom stereocenters. The first-order valence-electron chi connectivity index (χ1n) is 4.84. The van der Waals surface area contributed by atoms with Crippen molar-refractivity contribution in [2.24, 2.45) is 0 Å². The number of benzene rings is 1. The van der Waals surface area contributed by atoms with Crippen molar-refractivity contribution >= 4 is 41.0 Å². The van der Waals surface area contributed by atoms with Gasteiger partial charge in [0.1, 0.15) is 5.75 Å². The van der Waals surface area contributed by atoms with Crippen LogP contribution in [-0.4, -0.2) is 36.0 Å². The Kier molecular flexibility index (Phi) is 13.1. The van der Waals surface area contributed by atoms with Crippen molar-refractivity contribution in [1.29, 1.82) is 0 Å². The van der Waals surface area contributed by atoms with Crippen LogP contribution in [0.15, 0.2) is 30.3 Å². The summed E-state index contributed by atoms with van der Waals surface area (Å²) in [5, 5.41) is 0. The van der Waals surface area contributed by atoms with Gasteiger partial charge in [0.05, 0.1) is 19.2 Å². The summed E-state index contributed by atoms with van der Waals surface area (Å²) in [6.45, 7) is 2.74. The van der Waals surface area contributed by atoms with Gasteiger partial charge in [0.2, 0.25) is 11.8 Å². The minimum absolute atomic E-state index is 0. The first kappa shape index (κ1) is 19.2. The molecule has 2 N–H and O–H groups in total. The van der Waals surface area contributed by atoms with E-state index in [0.717, 1.165) is 17.9 Å². The third-order valence-electron chi connectivity index (χ3n) is 1.37. The molecule has 0 fully saturated rings. The molecule has 0 saturated heterocycles. The van der Waals surface area contributed by atoms with E-state index >= 15 is 0 Å². The second-order valence-electron chi connectivity index (χ2n) is 2.94. The number of nitrogens with one attached hydrogen (secondary N) is 2. The molecule has 1 aromatic rings. The van der Waals surface area contributed by atoms with E-state index in [0.29, 0.717) is 0 Å². The second-order valence-corrected chi connectivity index (χ2v) is 3.55. The Labute approximate surface area is 122 Å². The van der Waals surface area contributed by atoms with Gasteiger partial charge in [0.15, 0.2) is 0 Å². The van der Waals surface area contributed by atoms with Crippen molar-refractivity contribution in [3.8, 4) is 5.75 Å². The molecule has 102 valence electrons. The fourth-order valence-electron chi connectivity index (χ4n) is 0.726. The maximum atomic E-state index is 10.1. The first-order chi connectivity index (χ1) is 8.06. The van der Waals surface area contributed by atoms with Gasteiger partial charge >= 0.3 is 17.1 Å². The molecule has 0 bridgehead atoms. The molecule has 0 radical (unpaired) electrons. The number of ether oxygens (including phenoxy) is 1. The normalized spacial score (nSPS) is 7.94. The molecule has 1 rings (SSSR count). The second kappa shape index (κ2) is 12.3. The van der Waals surface area contributed by atoms with E-state index in [1.807, 2.05) is 30.3 Å². The number of hydrogen-bond donors (Lipinski definition) is 2. The molecule has 5 nitrogen and oxygen atoms in total. The summed E-state index contributed by atoms with van der Waals surface area (Å²) in [7, 11) is 1.66. The van der Waals surface area contributed by atoms with Gasteiger partial charge in [-0.05, 0) is 12.1 Å². The summed E-state index contributed by atoms with van der Waals surface area (Å²) >= 11 is 0.870. The number of carbonyl (C=O) groups excluding carboxylic acids is 2. The molecule has 18 heavy (non-hydrogen) atoms. The third-order valence-corrected chi connectivity index (χ3v) is 2.15. The SMILES string of the molecule is CC(=O)NSNC(C)=O.COc1ccccc1.[SeH2].